The van der Waals surface area contributed by atoms with Crippen molar-refractivity contribution in [1.82, 2.24) is 10.3 Å². The summed E-state index contributed by atoms with van der Waals surface area (Å²) in [4.78, 5) is 17.1. The molecule has 0 bridgehead atoms. The summed E-state index contributed by atoms with van der Waals surface area (Å²) < 4.78 is 28.4. The first kappa shape index (κ1) is 21.0. The highest BCUT2D eigenvalue weighted by atomic mass is 32.2. The molecule has 2 N–H and O–H groups in total. The van der Waals surface area contributed by atoms with E-state index in [4.69, 9.17) is 0 Å². The van der Waals surface area contributed by atoms with Crippen LogP contribution in [0.4, 0.5) is 5.69 Å². The predicted octanol–water partition coefficient (Wildman–Crippen LogP) is 4.23. The fourth-order valence-corrected chi connectivity index (χ4v) is 4.85. The Kier molecular flexibility index (Phi) is 5.77. The van der Waals surface area contributed by atoms with Crippen LogP contribution in [0.5, 0.6) is 0 Å². The van der Waals surface area contributed by atoms with Crippen molar-refractivity contribution in [3.05, 3.63) is 75.7 Å². The lowest BCUT2D eigenvalue weighted by Crippen LogP contribution is -2.41. The first-order chi connectivity index (χ1) is 13.6. The topological polar surface area (TPSA) is 88.2 Å². The number of benzene rings is 2. The lowest BCUT2D eigenvalue weighted by molar-refractivity contribution is 0.0911. The zero-order valence-corrected chi connectivity index (χ0v) is 18.3. The maximum atomic E-state index is 12.9. The van der Waals surface area contributed by atoms with Gasteiger partial charge in [0.15, 0.2) is 0 Å². The van der Waals surface area contributed by atoms with Crippen molar-refractivity contribution in [1.29, 1.82) is 0 Å². The molecule has 0 saturated carbocycles. The highest BCUT2D eigenvalue weighted by Crippen LogP contribution is 2.24. The summed E-state index contributed by atoms with van der Waals surface area (Å²) in [5, 5.41) is 5.54. The number of amides is 1. The zero-order valence-electron chi connectivity index (χ0n) is 16.7. The van der Waals surface area contributed by atoms with Crippen molar-refractivity contribution >= 4 is 33.0 Å². The van der Waals surface area contributed by atoms with Crippen molar-refractivity contribution in [3.8, 4) is 0 Å². The average molecular weight is 430 g/mol. The van der Waals surface area contributed by atoms with Gasteiger partial charge in [-0.2, -0.15) is 0 Å². The highest BCUT2D eigenvalue weighted by Gasteiger charge is 2.27. The number of aromatic nitrogens is 1. The predicted molar refractivity (Wildman–Crippen MR) is 116 cm³/mol. The van der Waals surface area contributed by atoms with Crippen LogP contribution in [0.3, 0.4) is 0 Å². The third-order valence-corrected chi connectivity index (χ3v) is 7.06. The fraction of sp³-hybridized carbons (Fsp3) is 0.238. The summed E-state index contributed by atoms with van der Waals surface area (Å²) in [5.41, 5.74) is 1.65. The minimum absolute atomic E-state index is 0.0674. The van der Waals surface area contributed by atoms with Gasteiger partial charge in [0.1, 0.15) is 5.01 Å². The summed E-state index contributed by atoms with van der Waals surface area (Å²) in [7, 11) is -3.84. The van der Waals surface area contributed by atoms with Gasteiger partial charge in [0.2, 0.25) is 0 Å². The molecule has 152 valence electrons. The van der Waals surface area contributed by atoms with Crippen LogP contribution >= 0.6 is 11.3 Å². The minimum Gasteiger partial charge on any atom is -0.341 e. The molecule has 0 radical (unpaired) electrons. The maximum absolute atomic E-state index is 12.9. The largest absolute Gasteiger partial charge is 0.341 e. The molecule has 0 aliphatic carbocycles. The standard InChI is InChI=1S/C21H23N3O3S2/c1-14-5-9-17(10-6-14)24-29(26,27)18-13-16(8-7-15(18)2)19(25)23-21(3,4)20-22-11-12-28-20/h5-13,24H,1-4H3,(H,23,25). The monoisotopic (exact) mass is 429 g/mol. The number of anilines is 1. The first-order valence-electron chi connectivity index (χ1n) is 9.01. The second-order valence-corrected chi connectivity index (χ2v) is 9.91. The SMILES string of the molecule is Cc1ccc(NS(=O)(=O)c2cc(C(=O)NC(C)(C)c3nccs3)ccc2C)cc1. The molecule has 1 heterocycles. The Bertz CT molecular complexity index is 1120. The Hall–Kier alpha value is -2.71. The smallest absolute Gasteiger partial charge is 0.262 e. The molecule has 6 nitrogen and oxygen atoms in total. The molecule has 0 atom stereocenters. The summed E-state index contributed by atoms with van der Waals surface area (Å²) in [6, 6.07) is 11.7. The van der Waals surface area contributed by atoms with E-state index in [1.165, 1.54) is 17.4 Å². The van der Waals surface area contributed by atoms with E-state index in [1.807, 2.05) is 38.3 Å². The molecule has 1 aromatic heterocycles. The normalized spacial score (nSPS) is 11.9. The van der Waals surface area contributed by atoms with Crippen LogP contribution in [0.2, 0.25) is 0 Å². The van der Waals surface area contributed by atoms with Crippen molar-refractivity contribution in [3.63, 3.8) is 0 Å². The lowest BCUT2D eigenvalue weighted by atomic mass is 10.1. The molecule has 0 spiro atoms. The number of rotatable bonds is 6. The van der Waals surface area contributed by atoms with E-state index in [0.717, 1.165) is 10.6 Å². The molecule has 0 fully saturated rings. The molecule has 8 heteroatoms. The number of hydrogen-bond acceptors (Lipinski definition) is 5. The Labute approximate surface area is 175 Å². The number of aryl methyl sites for hydroxylation is 2. The summed E-state index contributed by atoms with van der Waals surface area (Å²) >= 11 is 1.45. The van der Waals surface area contributed by atoms with Crippen LogP contribution < -0.4 is 10.0 Å². The van der Waals surface area contributed by atoms with Gasteiger partial charge >= 0.3 is 0 Å². The molecule has 0 aliphatic rings. The molecule has 3 aromatic rings. The van der Waals surface area contributed by atoms with E-state index >= 15 is 0 Å². The highest BCUT2D eigenvalue weighted by molar-refractivity contribution is 7.92. The Morgan fingerprint density at radius 2 is 1.76 bits per heavy atom. The number of nitrogens with zero attached hydrogens (tertiary/aromatic N) is 1. The molecule has 0 saturated heterocycles. The Morgan fingerprint density at radius 3 is 2.38 bits per heavy atom. The summed E-state index contributed by atoms with van der Waals surface area (Å²) in [5.74, 6) is -0.364. The van der Waals surface area contributed by atoms with Crippen molar-refractivity contribution < 1.29 is 13.2 Å². The number of carbonyl (C=O) groups excluding carboxylic acids is 1. The van der Waals surface area contributed by atoms with Gasteiger partial charge in [0.05, 0.1) is 10.4 Å². The maximum Gasteiger partial charge on any atom is 0.262 e. The second kappa shape index (κ2) is 7.96. The van der Waals surface area contributed by atoms with Crippen LogP contribution in [0.1, 0.15) is 40.3 Å². The average Bonchev–Trinajstić information content (AvgIpc) is 3.19. The van der Waals surface area contributed by atoms with Crippen molar-refractivity contribution in [2.45, 2.75) is 38.1 Å². The molecular formula is C21H23N3O3S2. The first-order valence-corrected chi connectivity index (χ1v) is 11.4. The van der Waals surface area contributed by atoms with Crippen molar-refractivity contribution in [2.24, 2.45) is 0 Å². The zero-order chi connectivity index (χ0) is 21.2. The van der Waals surface area contributed by atoms with Crippen LogP contribution in [-0.2, 0) is 15.6 Å². The summed E-state index contributed by atoms with van der Waals surface area (Å²) in [6.07, 6.45) is 1.68. The van der Waals surface area contributed by atoms with Gasteiger partial charge in [-0.15, -0.1) is 11.3 Å². The van der Waals surface area contributed by atoms with Gasteiger partial charge < -0.3 is 5.32 Å². The number of nitrogens with one attached hydrogen (secondary N) is 2. The molecule has 3 rings (SSSR count). The number of carbonyl (C=O) groups is 1. The van der Waals surface area contributed by atoms with Gasteiger partial charge in [-0.3, -0.25) is 9.52 Å². The van der Waals surface area contributed by atoms with Gasteiger partial charge in [-0.25, -0.2) is 13.4 Å². The Balaban J connectivity index is 1.87. The van der Waals surface area contributed by atoms with Gasteiger partial charge in [-0.1, -0.05) is 23.8 Å². The van der Waals surface area contributed by atoms with E-state index in [2.05, 4.69) is 15.0 Å². The third-order valence-electron chi connectivity index (χ3n) is 4.44. The minimum atomic E-state index is -3.84. The molecule has 29 heavy (non-hydrogen) atoms. The van der Waals surface area contributed by atoms with Crippen LogP contribution in [0, 0.1) is 13.8 Å². The van der Waals surface area contributed by atoms with E-state index < -0.39 is 15.6 Å². The van der Waals surface area contributed by atoms with Crippen LogP contribution in [0.15, 0.2) is 58.9 Å². The van der Waals surface area contributed by atoms with Crippen molar-refractivity contribution in [2.75, 3.05) is 4.72 Å². The van der Waals surface area contributed by atoms with E-state index in [-0.39, 0.29) is 16.4 Å². The number of hydrogen-bond donors (Lipinski definition) is 2. The van der Waals surface area contributed by atoms with E-state index in [1.54, 1.807) is 37.4 Å². The lowest BCUT2D eigenvalue weighted by Gasteiger charge is -2.24. The third kappa shape index (κ3) is 4.83. The van der Waals surface area contributed by atoms with Gasteiger partial charge in [0, 0.05) is 22.8 Å². The molecule has 0 unspecified atom stereocenters. The number of thiazole rings is 1. The van der Waals surface area contributed by atoms with Gasteiger partial charge in [0.25, 0.3) is 15.9 Å². The molecule has 2 aromatic carbocycles. The molecule has 0 aliphatic heterocycles. The molecular weight excluding hydrogens is 406 g/mol. The molecule has 1 amide bonds. The fourth-order valence-electron chi connectivity index (χ4n) is 2.80. The quantitative estimate of drug-likeness (QED) is 0.614. The van der Waals surface area contributed by atoms with Crippen LogP contribution in [-0.4, -0.2) is 19.3 Å². The number of sulfonamides is 1. The van der Waals surface area contributed by atoms with E-state index in [9.17, 15) is 13.2 Å². The van der Waals surface area contributed by atoms with Crippen LogP contribution in [0.25, 0.3) is 0 Å². The Morgan fingerprint density at radius 1 is 1.07 bits per heavy atom. The second-order valence-electron chi connectivity index (χ2n) is 7.37. The van der Waals surface area contributed by atoms with E-state index in [0.29, 0.717) is 11.3 Å². The summed E-state index contributed by atoms with van der Waals surface area (Å²) in [6.45, 7) is 7.34. The van der Waals surface area contributed by atoms with Gasteiger partial charge in [-0.05, 0) is 57.5 Å².